The molecule has 0 unspecified atom stereocenters. The summed E-state index contributed by atoms with van der Waals surface area (Å²) in [5, 5.41) is 5.03. The molecule has 1 heterocycles. The molecule has 0 radical (unpaired) electrons. The second-order valence-corrected chi connectivity index (χ2v) is 4.13. The van der Waals surface area contributed by atoms with Gasteiger partial charge in [0.25, 0.3) is 0 Å². The van der Waals surface area contributed by atoms with Crippen LogP contribution in [0.2, 0.25) is 0 Å². The molecule has 1 N–H and O–H groups in total. The maximum absolute atomic E-state index is 11.3. The standard InChI is InChI=1S/C13H14N2O2/c1-8(2)14-15-10-4-5-11-9(3)6-13(16)17-12(11)7-10/h4-7,15H,1-3H3. The molecule has 1 aromatic heterocycles. The number of anilines is 1. The van der Waals surface area contributed by atoms with E-state index in [4.69, 9.17) is 4.42 Å². The van der Waals surface area contributed by atoms with Crippen LogP contribution in [0.3, 0.4) is 0 Å². The number of nitrogens with one attached hydrogen (secondary N) is 1. The van der Waals surface area contributed by atoms with Crippen LogP contribution in [0.1, 0.15) is 19.4 Å². The van der Waals surface area contributed by atoms with Gasteiger partial charge in [-0.05, 0) is 38.5 Å². The van der Waals surface area contributed by atoms with Crippen LogP contribution in [-0.4, -0.2) is 5.71 Å². The maximum Gasteiger partial charge on any atom is 0.336 e. The van der Waals surface area contributed by atoms with Crippen LogP contribution in [-0.2, 0) is 0 Å². The van der Waals surface area contributed by atoms with Crippen molar-refractivity contribution in [3.8, 4) is 0 Å². The molecule has 0 bridgehead atoms. The highest BCUT2D eigenvalue weighted by atomic mass is 16.4. The second-order valence-electron chi connectivity index (χ2n) is 4.13. The third kappa shape index (κ3) is 2.53. The highest BCUT2D eigenvalue weighted by Gasteiger charge is 2.02. The van der Waals surface area contributed by atoms with Gasteiger partial charge < -0.3 is 4.42 Å². The van der Waals surface area contributed by atoms with E-state index in [2.05, 4.69) is 10.5 Å². The van der Waals surface area contributed by atoms with Crippen molar-refractivity contribution in [2.24, 2.45) is 5.10 Å². The Morgan fingerprint density at radius 3 is 2.76 bits per heavy atom. The number of benzene rings is 1. The van der Waals surface area contributed by atoms with Crippen molar-refractivity contribution >= 4 is 22.4 Å². The molecular formula is C13H14N2O2. The molecule has 0 saturated carbocycles. The van der Waals surface area contributed by atoms with Gasteiger partial charge in [-0.15, -0.1) is 0 Å². The fourth-order valence-electron chi connectivity index (χ4n) is 1.57. The van der Waals surface area contributed by atoms with Crippen molar-refractivity contribution < 1.29 is 4.42 Å². The van der Waals surface area contributed by atoms with Crippen molar-refractivity contribution in [1.29, 1.82) is 0 Å². The first-order chi connectivity index (χ1) is 8.06. The summed E-state index contributed by atoms with van der Waals surface area (Å²) < 4.78 is 5.15. The van der Waals surface area contributed by atoms with E-state index < -0.39 is 0 Å². The van der Waals surface area contributed by atoms with Gasteiger partial charge in [-0.2, -0.15) is 5.10 Å². The molecule has 0 aliphatic carbocycles. The first-order valence-corrected chi connectivity index (χ1v) is 5.37. The third-order valence-corrected chi connectivity index (χ3v) is 2.36. The molecule has 4 nitrogen and oxygen atoms in total. The van der Waals surface area contributed by atoms with Crippen LogP contribution in [0.4, 0.5) is 5.69 Å². The summed E-state index contributed by atoms with van der Waals surface area (Å²) in [6, 6.07) is 7.08. The monoisotopic (exact) mass is 230 g/mol. The van der Waals surface area contributed by atoms with Crippen LogP contribution in [0.25, 0.3) is 11.0 Å². The number of aryl methyl sites for hydroxylation is 1. The fourth-order valence-corrected chi connectivity index (χ4v) is 1.57. The van der Waals surface area contributed by atoms with Gasteiger partial charge in [0.05, 0.1) is 5.69 Å². The van der Waals surface area contributed by atoms with Gasteiger partial charge in [0.2, 0.25) is 0 Å². The summed E-state index contributed by atoms with van der Waals surface area (Å²) in [4.78, 5) is 11.3. The predicted octanol–water partition coefficient (Wildman–Crippen LogP) is 2.91. The Balaban J connectivity index is 2.50. The van der Waals surface area contributed by atoms with Crippen LogP contribution in [0.15, 0.2) is 38.6 Å². The van der Waals surface area contributed by atoms with Gasteiger partial charge in [0.15, 0.2) is 0 Å². The average molecular weight is 230 g/mol. The summed E-state index contributed by atoms with van der Waals surface area (Å²) in [6.07, 6.45) is 0. The lowest BCUT2D eigenvalue weighted by Crippen LogP contribution is -1.98. The van der Waals surface area contributed by atoms with Crippen LogP contribution in [0, 0.1) is 6.92 Å². The Bertz CT molecular complexity index is 637. The largest absolute Gasteiger partial charge is 0.423 e. The molecule has 1 aromatic carbocycles. The molecule has 0 atom stereocenters. The molecule has 0 amide bonds. The topological polar surface area (TPSA) is 54.6 Å². The lowest BCUT2D eigenvalue weighted by molar-refractivity contribution is 0.560. The predicted molar refractivity (Wildman–Crippen MR) is 69.6 cm³/mol. The zero-order chi connectivity index (χ0) is 12.4. The maximum atomic E-state index is 11.3. The van der Waals surface area contributed by atoms with Crippen LogP contribution < -0.4 is 11.1 Å². The van der Waals surface area contributed by atoms with Crippen LogP contribution in [0.5, 0.6) is 0 Å². The minimum absolute atomic E-state index is 0.331. The zero-order valence-electron chi connectivity index (χ0n) is 10.1. The molecule has 0 spiro atoms. The SMILES string of the molecule is CC(C)=NNc1ccc2c(C)cc(=O)oc2c1. The Labute approximate surface area is 99.0 Å². The van der Waals surface area contributed by atoms with Gasteiger partial charge in [-0.1, -0.05) is 0 Å². The van der Waals surface area contributed by atoms with E-state index in [1.165, 1.54) is 6.07 Å². The molecule has 0 aliphatic rings. The van der Waals surface area contributed by atoms with Crippen LogP contribution >= 0.6 is 0 Å². The Morgan fingerprint density at radius 2 is 2.06 bits per heavy atom. The number of hydrogen-bond donors (Lipinski definition) is 1. The van der Waals surface area contributed by atoms with Crippen molar-refractivity contribution in [1.82, 2.24) is 0 Å². The fraction of sp³-hybridized carbons (Fsp3) is 0.231. The molecule has 0 fully saturated rings. The van der Waals surface area contributed by atoms with E-state index in [1.54, 1.807) is 6.07 Å². The number of rotatable bonds is 2. The molecule has 2 rings (SSSR count). The van der Waals surface area contributed by atoms with E-state index >= 15 is 0 Å². The van der Waals surface area contributed by atoms with E-state index in [1.807, 2.05) is 32.9 Å². The molecule has 0 saturated heterocycles. The zero-order valence-corrected chi connectivity index (χ0v) is 10.1. The summed E-state index contributed by atoms with van der Waals surface area (Å²) in [6.45, 7) is 5.69. The summed E-state index contributed by atoms with van der Waals surface area (Å²) in [5.74, 6) is 0. The molecule has 4 heteroatoms. The summed E-state index contributed by atoms with van der Waals surface area (Å²) in [7, 11) is 0. The smallest absolute Gasteiger partial charge is 0.336 e. The van der Waals surface area contributed by atoms with E-state index in [-0.39, 0.29) is 5.63 Å². The molecule has 2 aromatic rings. The highest BCUT2D eigenvalue weighted by molar-refractivity contribution is 5.84. The summed E-state index contributed by atoms with van der Waals surface area (Å²) in [5.41, 5.74) is 5.78. The number of fused-ring (bicyclic) bond motifs is 1. The molecular weight excluding hydrogens is 216 g/mol. The number of nitrogens with zero attached hydrogens (tertiary/aromatic N) is 1. The van der Waals surface area contributed by atoms with Crippen molar-refractivity contribution in [3.63, 3.8) is 0 Å². The normalized spacial score (nSPS) is 10.3. The first kappa shape index (κ1) is 11.4. The quantitative estimate of drug-likeness (QED) is 0.490. The minimum Gasteiger partial charge on any atom is -0.423 e. The second kappa shape index (κ2) is 4.41. The Hall–Kier alpha value is -2.10. The minimum atomic E-state index is -0.331. The first-order valence-electron chi connectivity index (χ1n) is 5.37. The highest BCUT2D eigenvalue weighted by Crippen LogP contribution is 2.20. The van der Waals surface area contributed by atoms with Gasteiger partial charge in [-0.25, -0.2) is 4.79 Å². The molecule has 0 aliphatic heterocycles. The van der Waals surface area contributed by atoms with Crippen molar-refractivity contribution in [2.75, 3.05) is 5.43 Å². The number of hydrogen-bond acceptors (Lipinski definition) is 4. The van der Waals surface area contributed by atoms with Gasteiger partial charge in [0.1, 0.15) is 5.58 Å². The lowest BCUT2D eigenvalue weighted by Gasteiger charge is -2.04. The average Bonchev–Trinajstić information content (AvgIpc) is 2.25. The molecule has 88 valence electrons. The van der Waals surface area contributed by atoms with E-state index in [0.29, 0.717) is 5.58 Å². The van der Waals surface area contributed by atoms with Gasteiger partial charge in [0, 0.05) is 23.2 Å². The van der Waals surface area contributed by atoms with E-state index in [0.717, 1.165) is 22.3 Å². The van der Waals surface area contributed by atoms with Crippen molar-refractivity contribution in [2.45, 2.75) is 20.8 Å². The van der Waals surface area contributed by atoms with Gasteiger partial charge in [-0.3, -0.25) is 5.43 Å². The third-order valence-electron chi connectivity index (χ3n) is 2.36. The summed E-state index contributed by atoms with van der Waals surface area (Å²) >= 11 is 0. The number of hydrazone groups is 1. The van der Waals surface area contributed by atoms with Gasteiger partial charge >= 0.3 is 5.63 Å². The molecule has 17 heavy (non-hydrogen) atoms. The Morgan fingerprint density at radius 1 is 1.29 bits per heavy atom. The van der Waals surface area contributed by atoms with Crippen molar-refractivity contribution in [3.05, 3.63) is 40.2 Å². The Kier molecular flexibility index (Phi) is 2.95. The lowest BCUT2D eigenvalue weighted by atomic mass is 10.1. The van der Waals surface area contributed by atoms with E-state index in [9.17, 15) is 4.79 Å².